The molecule has 0 saturated heterocycles. The van der Waals surface area contributed by atoms with E-state index in [0.29, 0.717) is 5.69 Å². The SMILES string of the molecule is Cc1ccc(NC(=O)N[C@H](C)c2cccc(Br)c2)cc1-n1cnnn1. The van der Waals surface area contributed by atoms with E-state index in [-0.39, 0.29) is 12.1 Å². The van der Waals surface area contributed by atoms with Crippen LogP contribution in [0.2, 0.25) is 0 Å². The number of rotatable bonds is 4. The molecule has 0 saturated carbocycles. The molecule has 0 aliphatic heterocycles. The molecule has 0 fully saturated rings. The number of anilines is 1. The Morgan fingerprint density at radius 1 is 1.24 bits per heavy atom. The molecule has 25 heavy (non-hydrogen) atoms. The number of hydrogen-bond acceptors (Lipinski definition) is 4. The molecule has 1 heterocycles. The number of benzene rings is 2. The van der Waals surface area contributed by atoms with Crippen LogP contribution < -0.4 is 10.6 Å². The number of halogens is 1. The number of carbonyl (C=O) groups is 1. The van der Waals surface area contributed by atoms with Crippen LogP contribution in [0, 0.1) is 6.92 Å². The summed E-state index contributed by atoms with van der Waals surface area (Å²) in [6.07, 6.45) is 1.52. The standard InChI is InChI=1S/C17H17BrN6O/c1-11-6-7-15(9-16(11)24-10-19-22-23-24)21-17(25)20-12(2)13-4-3-5-14(18)8-13/h3-10,12H,1-2H3,(H2,20,21,25)/t12-/m1/s1. The zero-order valence-corrected chi connectivity index (χ0v) is 15.4. The van der Waals surface area contributed by atoms with Gasteiger partial charge in [0.05, 0.1) is 11.7 Å². The fraction of sp³-hybridized carbons (Fsp3) is 0.176. The number of carbonyl (C=O) groups excluding carboxylic acids is 1. The van der Waals surface area contributed by atoms with Crippen molar-refractivity contribution in [1.29, 1.82) is 0 Å². The highest BCUT2D eigenvalue weighted by atomic mass is 79.9. The fourth-order valence-corrected chi connectivity index (χ4v) is 2.85. The minimum Gasteiger partial charge on any atom is -0.331 e. The minimum atomic E-state index is -0.279. The molecule has 1 aromatic heterocycles. The number of tetrazole rings is 1. The fourth-order valence-electron chi connectivity index (χ4n) is 2.43. The first-order valence-corrected chi connectivity index (χ1v) is 8.49. The predicted octanol–water partition coefficient (Wildman–Crippen LogP) is 3.62. The van der Waals surface area contributed by atoms with Crippen LogP contribution in [0.15, 0.2) is 53.3 Å². The molecule has 128 valence electrons. The number of aryl methyl sites for hydroxylation is 1. The second-order valence-corrected chi connectivity index (χ2v) is 6.55. The molecule has 0 radical (unpaired) electrons. The third-order valence-electron chi connectivity index (χ3n) is 3.76. The molecule has 0 aliphatic carbocycles. The van der Waals surface area contributed by atoms with Crippen LogP contribution in [-0.4, -0.2) is 26.2 Å². The summed E-state index contributed by atoms with van der Waals surface area (Å²) in [5.41, 5.74) is 3.49. The van der Waals surface area contributed by atoms with Crippen molar-refractivity contribution in [2.75, 3.05) is 5.32 Å². The molecule has 2 N–H and O–H groups in total. The molecule has 7 nitrogen and oxygen atoms in total. The first-order chi connectivity index (χ1) is 12.0. The van der Waals surface area contributed by atoms with Gasteiger partial charge in [0.25, 0.3) is 0 Å². The van der Waals surface area contributed by atoms with Gasteiger partial charge in [-0.1, -0.05) is 34.1 Å². The summed E-state index contributed by atoms with van der Waals surface area (Å²) in [6, 6.07) is 13.0. The average molecular weight is 401 g/mol. The number of nitrogens with one attached hydrogen (secondary N) is 2. The highest BCUT2D eigenvalue weighted by molar-refractivity contribution is 9.10. The normalized spacial score (nSPS) is 11.8. The van der Waals surface area contributed by atoms with E-state index in [1.807, 2.05) is 56.3 Å². The van der Waals surface area contributed by atoms with Crippen molar-refractivity contribution < 1.29 is 4.79 Å². The Morgan fingerprint density at radius 2 is 2.08 bits per heavy atom. The molecular formula is C17H17BrN6O. The average Bonchev–Trinajstić information content (AvgIpc) is 3.11. The van der Waals surface area contributed by atoms with E-state index in [1.54, 1.807) is 4.68 Å². The quantitative estimate of drug-likeness (QED) is 0.700. The van der Waals surface area contributed by atoms with Crippen LogP contribution in [-0.2, 0) is 0 Å². The summed E-state index contributed by atoms with van der Waals surface area (Å²) in [5.74, 6) is 0. The van der Waals surface area contributed by atoms with Crippen LogP contribution in [0.25, 0.3) is 5.69 Å². The number of hydrogen-bond donors (Lipinski definition) is 2. The number of urea groups is 1. The van der Waals surface area contributed by atoms with E-state index in [0.717, 1.165) is 21.3 Å². The van der Waals surface area contributed by atoms with Crippen LogP contribution >= 0.6 is 15.9 Å². The van der Waals surface area contributed by atoms with Gasteiger partial charge in [0.2, 0.25) is 0 Å². The molecule has 3 aromatic rings. The highest BCUT2D eigenvalue weighted by Crippen LogP contribution is 2.20. The highest BCUT2D eigenvalue weighted by Gasteiger charge is 2.11. The second kappa shape index (κ2) is 7.43. The minimum absolute atomic E-state index is 0.123. The number of aromatic nitrogens is 4. The Hall–Kier alpha value is -2.74. The van der Waals surface area contributed by atoms with Crippen molar-refractivity contribution in [1.82, 2.24) is 25.5 Å². The van der Waals surface area contributed by atoms with E-state index < -0.39 is 0 Å². The first kappa shape index (κ1) is 17.1. The summed E-state index contributed by atoms with van der Waals surface area (Å²) in [6.45, 7) is 3.89. The third-order valence-corrected chi connectivity index (χ3v) is 4.25. The van der Waals surface area contributed by atoms with Crippen molar-refractivity contribution in [3.8, 4) is 5.69 Å². The van der Waals surface area contributed by atoms with Gasteiger partial charge >= 0.3 is 6.03 Å². The lowest BCUT2D eigenvalue weighted by atomic mass is 10.1. The smallest absolute Gasteiger partial charge is 0.319 e. The summed E-state index contributed by atoms with van der Waals surface area (Å²) in [5, 5.41) is 16.9. The van der Waals surface area contributed by atoms with Gasteiger partial charge in [-0.05, 0) is 59.7 Å². The van der Waals surface area contributed by atoms with Crippen LogP contribution in [0.3, 0.4) is 0 Å². The molecular weight excluding hydrogens is 384 g/mol. The van der Waals surface area contributed by atoms with Gasteiger partial charge in [-0.15, -0.1) is 5.10 Å². The van der Waals surface area contributed by atoms with Crippen molar-refractivity contribution >= 4 is 27.6 Å². The second-order valence-electron chi connectivity index (χ2n) is 5.63. The zero-order valence-electron chi connectivity index (χ0n) is 13.8. The molecule has 0 unspecified atom stereocenters. The molecule has 8 heteroatoms. The van der Waals surface area contributed by atoms with Crippen molar-refractivity contribution in [3.05, 3.63) is 64.4 Å². The van der Waals surface area contributed by atoms with Crippen LogP contribution in [0.1, 0.15) is 24.1 Å². The Morgan fingerprint density at radius 3 is 2.80 bits per heavy atom. The lowest BCUT2D eigenvalue weighted by molar-refractivity contribution is 0.249. The number of amides is 2. The van der Waals surface area contributed by atoms with E-state index in [1.165, 1.54) is 6.33 Å². The Balaban J connectivity index is 1.70. The molecule has 2 aromatic carbocycles. The topological polar surface area (TPSA) is 84.7 Å². The van der Waals surface area contributed by atoms with Crippen LogP contribution in [0.5, 0.6) is 0 Å². The molecule has 0 bridgehead atoms. The maximum absolute atomic E-state index is 12.3. The largest absolute Gasteiger partial charge is 0.331 e. The van der Waals surface area contributed by atoms with Gasteiger partial charge in [-0.3, -0.25) is 0 Å². The van der Waals surface area contributed by atoms with Crippen molar-refractivity contribution in [2.45, 2.75) is 19.9 Å². The summed E-state index contributed by atoms with van der Waals surface area (Å²) >= 11 is 3.44. The van der Waals surface area contributed by atoms with E-state index >= 15 is 0 Å². The van der Waals surface area contributed by atoms with Gasteiger partial charge in [-0.25, -0.2) is 9.48 Å². The summed E-state index contributed by atoms with van der Waals surface area (Å²) in [7, 11) is 0. The monoisotopic (exact) mass is 400 g/mol. The van der Waals surface area contributed by atoms with E-state index in [9.17, 15) is 4.79 Å². The molecule has 0 aliphatic rings. The molecule has 3 rings (SSSR count). The maximum Gasteiger partial charge on any atom is 0.319 e. The Kier molecular flexibility index (Phi) is 5.08. The Bertz CT molecular complexity index is 881. The lowest BCUT2D eigenvalue weighted by Gasteiger charge is -2.16. The zero-order chi connectivity index (χ0) is 17.8. The van der Waals surface area contributed by atoms with Crippen molar-refractivity contribution in [3.63, 3.8) is 0 Å². The van der Waals surface area contributed by atoms with Gasteiger partial charge in [0, 0.05) is 10.2 Å². The first-order valence-electron chi connectivity index (χ1n) is 7.70. The van der Waals surface area contributed by atoms with Crippen molar-refractivity contribution in [2.24, 2.45) is 0 Å². The number of nitrogens with zero attached hydrogens (tertiary/aromatic N) is 4. The maximum atomic E-state index is 12.3. The summed E-state index contributed by atoms with van der Waals surface area (Å²) in [4.78, 5) is 12.3. The van der Waals surface area contributed by atoms with Gasteiger partial charge < -0.3 is 10.6 Å². The predicted molar refractivity (Wildman–Crippen MR) is 98.6 cm³/mol. The van der Waals surface area contributed by atoms with Crippen LogP contribution in [0.4, 0.5) is 10.5 Å². The molecule has 0 spiro atoms. The van der Waals surface area contributed by atoms with Gasteiger partial charge in [-0.2, -0.15) is 0 Å². The summed E-state index contributed by atoms with van der Waals surface area (Å²) < 4.78 is 2.53. The third kappa shape index (κ3) is 4.21. The van der Waals surface area contributed by atoms with E-state index in [2.05, 4.69) is 42.1 Å². The molecule has 2 amide bonds. The van der Waals surface area contributed by atoms with Gasteiger partial charge in [0.15, 0.2) is 0 Å². The van der Waals surface area contributed by atoms with E-state index in [4.69, 9.17) is 0 Å². The Labute approximate surface area is 153 Å². The molecule has 1 atom stereocenters. The van der Waals surface area contributed by atoms with Gasteiger partial charge in [0.1, 0.15) is 6.33 Å². The lowest BCUT2D eigenvalue weighted by Crippen LogP contribution is -2.31.